The van der Waals surface area contributed by atoms with E-state index >= 15 is 0 Å². The molecule has 0 bridgehead atoms. The molecule has 26 heavy (non-hydrogen) atoms. The molecular formula is C20H28N4O2. The first-order valence-electron chi connectivity index (χ1n) is 9.68. The Morgan fingerprint density at radius 2 is 2.04 bits per heavy atom. The normalized spacial score (nSPS) is 21.4. The summed E-state index contributed by atoms with van der Waals surface area (Å²) in [5.41, 5.74) is 2.08. The van der Waals surface area contributed by atoms with Gasteiger partial charge in [-0.05, 0) is 38.3 Å². The van der Waals surface area contributed by atoms with Gasteiger partial charge in [-0.1, -0.05) is 25.9 Å². The average Bonchev–Trinajstić information content (AvgIpc) is 3.17. The van der Waals surface area contributed by atoms with E-state index in [-0.39, 0.29) is 11.0 Å². The summed E-state index contributed by atoms with van der Waals surface area (Å²) in [4.78, 5) is 14.8. The number of rotatable bonds is 5. The highest BCUT2D eigenvalue weighted by molar-refractivity contribution is 5.21. The van der Waals surface area contributed by atoms with Gasteiger partial charge in [0.05, 0.1) is 18.4 Å². The summed E-state index contributed by atoms with van der Waals surface area (Å²) in [5.74, 6) is 1.64. The smallest absolute Gasteiger partial charge is 0.266 e. The third-order valence-corrected chi connectivity index (χ3v) is 5.52. The van der Waals surface area contributed by atoms with Gasteiger partial charge in [0.1, 0.15) is 5.76 Å². The lowest BCUT2D eigenvalue weighted by atomic mass is 9.92. The Hall–Kier alpha value is -1.95. The van der Waals surface area contributed by atoms with Crippen LogP contribution in [0.4, 0.5) is 0 Å². The molecule has 6 nitrogen and oxygen atoms in total. The predicted molar refractivity (Wildman–Crippen MR) is 99.1 cm³/mol. The minimum atomic E-state index is -0.0631. The molecule has 0 N–H and O–H groups in total. The van der Waals surface area contributed by atoms with Gasteiger partial charge in [0.15, 0.2) is 0 Å². The maximum Gasteiger partial charge on any atom is 0.266 e. The van der Waals surface area contributed by atoms with Crippen LogP contribution in [-0.4, -0.2) is 32.4 Å². The zero-order valence-electron chi connectivity index (χ0n) is 15.9. The van der Waals surface area contributed by atoms with Gasteiger partial charge < -0.3 is 4.52 Å². The number of hydrogen-bond donors (Lipinski definition) is 0. The molecule has 2 aromatic rings. The fraction of sp³-hybridized carbons (Fsp3) is 0.650. The first-order valence-corrected chi connectivity index (χ1v) is 9.68. The van der Waals surface area contributed by atoms with Gasteiger partial charge in [-0.15, -0.1) is 0 Å². The van der Waals surface area contributed by atoms with E-state index in [0.29, 0.717) is 18.5 Å². The topological polar surface area (TPSA) is 64.2 Å². The lowest BCUT2D eigenvalue weighted by Gasteiger charge is -2.25. The van der Waals surface area contributed by atoms with Crippen molar-refractivity contribution in [3.63, 3.8) is 0 Å². The second-order valence-corrected chi connectivity index (χ2v) is 8.75. The lowest BCUT2D eigenvalue weighted by molar-refractivity contribution is 0.214. The van der Waals surface area contributed by atoms with Crippen molar-refractivity contribution in [1.82, 2.24) is 19.8 Å². The molecule has 2 aliphatic rings. The Kier molecular flexibility index (Phi) is 4.47. The molecule has 1 atom stereocenters. The van der Waals surface area contributed by atoms with Gasteiger partial charge in [-0.2, -0.15) is 5.10 Å². The molecule has 0 amide bonds. The summed E-state index contributed by atoms with van der Waals surface area (Å²) in [6, 6.07) is 3.83. The fourth-order valence-corrected chi connectivity index (χ4v) is 3.78. The summed E-state index contributed by atoms with van der Waals surface area (Å²) in [6.45, 7) is 8.92. The lowest BCUT2D eigenvalue weighted by Crippen LogP contribution is -2.37. The quantitative estimate of drug-likeness (QED) is 0.824. The highest BCUT2D eigenvalue weighted by Crippen LogP contribution is 2.42. The molecule has 6 heteroatoms. The molecular weight excluding hydrogens is 328 g/mol. The second-order valence-electron chi connectivity index (χ2n) is 8.75. The Balaban J connectivity index is 1.50. The molecule has 2 fully saturated rings. The first-order chi connectivity index (χ1) is 12.4. The van der Waals surface area contributed by atoms with Gasteiger partial charge in [0, 0.05) is 35.5 Å². The molecule has 140 valence electrons. The molecule has 0 spiro atoms. The van der Waals surface area contributed by atoms with Crippen LogP contribution in [0.3, 0.4) is 0 Å². The van der Waals surface area contributed by atoms with Crippen LogP contribution >= 0.6 is 0 Å². The molecule has 0 aromatic carbocycles. The van der Waals surface area contributed by atoms with Gasteiger partial charge >= 0.3 is 0 Å². The van der Waals surface area contributed by atoms with Crippen molar-refractivity contribution in [2.24, 2.45) is 0 Å². The highest BCUT2D eigenvalue weighted by atomic mass is 16.5. The van der Waals surface area contributed by atoms with Crippen molar-refractivity contribution >= 4 is 0 Å². The van der Waals surface area contributed by atoms with Crippen LogP contribution in [-0.2, 0) is 18.5 Å². The van der Waals surface area contributed by atoms with Gasteiger partial charge in [0.25, 0.3) is 5.56 Å². The van der Waals surface area contributed by atoms with E-state index < -0.39 is 0 Å². The van der Waals surface area contributed by atoms with Crippen molar-refractivity contribution in [3.05, 3.63) is 45.7 Å². The van der Waals surface area contributed by atoms with E-state index in [4.69, 9.17) is 4.52 Å². The molecule has 2 aromatic heterocycles. The van der Waals surface area contributed by atoms with E-state index in [0.717, 1.165) is 37.4 Å². The molecule has 1 aliphatic heterocycles. The fourth-order valence-electron chi connectivity index (χ4n) is 3.78. The summed E-state index contributed by atoms with van der Waals surface area (Å²) in [7, 11) is 0. The van der Waals surface area contributed by atoms with Crippen LogP contribution in [0, 0.1) is 0 Å². The summed E-state index contributed by atoms with van der Waals surface area (Å²) in [6.07, 6.45) is 6.54. The first kappa shape index (κ1) is 17.5. The van der Waals surface area contributed by atoms with Crippen LogP contribution < -0.4 is 5.56 Å². The Morgan fingerprint density at radius 3 is 2.77 bits per heavy atom. The maximum atomic E-state index is 12.3. The summed E-state index contributed by atoms with van der Waals surface area (Å²) < 4.78 is 7.13. The van der Waals surface area contributed by atoms with Crippen LogP contribution in [0.25, 0.3) is 0 Å². The third kappa shape index (κ3) is 3.61. The zero-order chi connectivity index (χ0) is 18.3. The van der Waals surface area contributed by atoms with E-state index in [1.807, 2.05) is 12.3 Å². The third-order valence-electron chi connectivity index (χ3n) is 5.52. The molecule has 0 radical (unpaired) electrons. The van der Waals surface area contributed by atoms with Gasteiger partial charge in [-0.25, -0.2) is 4.68 Å². The number of hydrogen-bond acceptors (Lipinski definition) is 5. The molecule has 1 saturated carbocycles. The largest absolute Gasteiger partial charge is 0.361 e. The van der Waals surface area contributed by atoms with E-state index in [9.17, 15) is 4.79 Å². The minimum absolute atomic E-state index is 0.0199. The Bertz CT molecular complexity index is 829. The Morgan fingerprint density at radius 1 is 1.23 bits per heavy atom. The van der Waals surface area contributed by atoms with Gasteiger partial charge in [-0.3, -0.25) is 9.69 Å². The van der Waals surface area contributed by atoms with Crippen LogP contribution in [0.2, 0.25) is 0 Å². The van der Waals surface area contributed by atoms with Crippen molar-refractivity contribution in [2.45, 2.75) is 76.9 Å². The molecule has 3 heterocycles. The minimum Gasteiger partial charge on any atom is -0.361 e. The maximum absolute atomic E-state index is 12.3. The van der Waals surface area contributed by atoms with Crippen LogP contribution in [0.15, 0.2) is 27.6 Å². The van der Waals surface area contributed by atoms with E-state index in [1.54, 1.807) is 10.7 Å². The average molecular weight is 356 g/mol. The molecule has 1 unspecified atom stereocenters. The number of aromatic nitrogens is 3. The number of nitrogens with zero attached hydrogens (tertiary/aromatic N) is 4. The SMILES string of the molecule is CC(C)(C)c1ccc(=O)n(CC2CCCN2Cc2cnoc2C2CC2)n1. The predicted octanol–water partition coefficient (Wildman–Crippen LogP) is 3.07. The zero-order valence-corrected chi connectivity index (χ0v) is 15.9. The van der Waals surface area contributed by atoms with Crippen molar-refractivity contribution in [2.75, 3.05) is 6.54 Å². The molecule has 4 rings (SSSR count). The summed E-state index contributed by atoms with van der Waals surface area (Å²) in [5, 5.41) is 8.66. The second kappa shape index (κ2) is 6.65. The monoisotopic (exact) mass is 356 g/mol. The Labute approximate surface area is 154 Å². The van der Waals surface area contributed by atoms with Crippen molar-refractivity contribution in [1.29, 1.82) is 0 Å². The molecule has 1 saturated heterocycles. The molecule has 1 aliphatic carbocycles. The van der Waals surface area contributed by atoms with Crippen molar-refractivity contribution < 1.29 is 4.52 Å². The highest BCUT2D eigenvalue weighted by Gasteiger charge is 2.33. The van der Waals surface area contributed by atoms with Crippen molar-refractivity contribution in [3.8, 4) is 0 Å². The standard InChI is InChI=1S/C20H28N4O2/c1-20(2,3)17-8-9-18(25)24(22-17)13-16-5-4-10-23(16)12-15-11-21-26-19(15)14-6-7-14/h8-9,11,14,16H,4-7,10,12-13H2,1-3H3. The van der Waals surface area contributed by atoms with Crippen LogP contribution in [0.5, 0.6) is 0 Å². The summed E-state index contributed by atoms with van der Waals surface area (Å²) >= 11 is 0. The van der Waals surface area contributed by atoms with E-state index in [1.165, 1.54) is 18.4 Å². The van der Waals surface area contributed by atoms with Gasteiger partial charge in [0.2, 0.25) is 0 Å². The number of likely N-dealkylation sites (tertiary alicyclic amines) is 1. The van der Waals surface area contributed by atoms with E-state index in [2.05, 4.69) is 35.9 Å². The van der Waals surface area contributed by atoms with Crippen LogP contribution in [0.1, 0.15) is 69.4 Å².